The molecule has 27 heavy (non-hydrogen) atoms. The van der Waals surface area contributed by atoms with Crippen LogP contribution in [0.15, 0.2) is 59.1 Å². The fourth-order valence-electron chi connectivity index (χ4n) is 3.71. The van der Waals surface area contributed by atoms with E-state index < -0.39 is 0 Å². The zero-order valence-corrected chi connectivity index (χ0v) is 17.3. The minimum absolute atomic E-state index is 0.316. The summed E-state index contributed by atoms with van der Waals surface area (Å²) in [5.74, 6) is 0.878. The van der Waals surface area contributed by atoms with Crippen molar-refractivity contribution in [3.8, 4) is 5.75 Å². The van der Waals surface area contributed by atoms with Crippen LogP contribution < -0.4 is 9.64 Å². The number of methoxy groups -OCH3 is 1. The van der Waals surface area contributed by atoms with Crippen LogP contribution in [0.25, 0.3) is 10.9 Å². The SMILES string of the molecule is COc1cc(N2CCN(C(C)c3ccc4ccccc4n3)CC2)ccc1Br. The monoisotopic (exact) mass is 425 g/mol. The van der Waals surface area contributed by atoms with Crippen molar-refractivity contribution in [1.29, 1.82) is 0 Å². The highest BCUT2D eigenvalue weighted by Gasteiger charge is 2.23. The van der Waals surface area contributed by atoms with Gasteiger partial charge in [0.2, 0.25) is 0 Å². The Labute approximate surface area is 168 Å². The first-order valence-corrected chi connectivity index (χ1v) is 10.1. The highest BCUT2D eigenvalue weighted by atomic mass is 79.9. The van der Waals surface area contributed by atoms with Crippen LogP contribution in [0.3, 0.4) is 0 Å². The number of ether oxygens (including phenoxy) is 1. The second-order valence-corrected chi connectivity index (χ2v) is 7.80. The van der Waals surface area contributed by atoms with Crippen LogP contribution in [0.1, 0.15) is 18.7 Å². The van der Waals surface area contributed by atoms with Crippen LogP contribution in [0, 0.1) is 0 Å². The lowest BCUT2D eigenvalue weighted by molar-refractivity contribution is 0.195. The average Bonchev–Trinajstić information content (AvgIpc) is 2.73. The molecule has 1 aromatic heterocycles. The minimum atomic E-state index is 0.316. The number of anilines is 1. The maximum absolute atomic E-state index is 5.44. The molecule has 0 bridgehead atoms. The number of aromatic nitrogens is 1. The molecule has 1 unspecified atom stereocenters. The lowest BCUT2D eigenvalue weighted by Crippen LogP contribution is -2.47. The predicted molar refractivity (Wildman–Crippen MR) is 115 cm³/mol. The molecule has 1 saturated heterocycles. The van der Waals surface area contributed by atoms with Gasteiger partial charge in [-0.2, -0.15) is 0 Å². The van der Waals surface area contributed by atoms with E-state index in [4.69, 9.17) is 9.72 Å². The number of hydrogen-bond acceptors (Lipinski definition) is 4. The number of benzene rings is 2. The molecule has 0 spiro atoms. The Bertz CT molecular complexity index is 938. The highest BCUT2D eigenvalue weighted by Crippen LogP contribution is 2.31. The number of nitrogens with zero attached hydrogens (tertiary/aromatic N) is 3. The van der Waals surface area contributed by atoms with Crippen LogP contribution in [-0.2, 0) is 0 Å². The van der Waals surface area contributed by atoms with Gasteiger partial charge in [0.25, 0.3) is 0 Å². The molecule has 1 fully saturated rings. The topological polar surface area (TPSA) is 28.6 Å². The molecule has 1 atom stereocenters. The van der Waals surface area contributed by atoms with Gasteiger partial charge < -0.3 is 9.64 Å². The zero-order valence-electron chi connectivity index (χ0n) is 15.7. The van der Waals surface area contributed by atoms with Gasteiger partial charge >= 0.3 is 0 Å². The molecule has 2 heterocycles. The molecule has 0 saturated carbocycles. The molecule has 1 aliphatic heterocycles. The van der Waals surface area contributed by atoms with Crippen LogP contribution in [0.4, 0.5) is 5.69 Å². The van der Waals surface area contributed by atoms with E-state index in [1.807, 2.05) is 0 Å². The molecule has 0 amide bonds. The van der Waals surface area contributed by atoms with Crippen molar-refractivity contribution >= 4 is 32.5 Å². The van der Waals surface area contributed by atoms with Crippen molar-refractivity contribution in [3.63, 3.8) is 0 Å². The van der Waals surface area contributed by atoms with Crippen molar-refractivity contribution < 1.29 is 4.74 Å². The summed E-state index contributed by atoms with van der Waals surface area (Å²) < 4.78 is 6.43. The Hall–Kier alpha value is -2.11. The quantitative estimate of drug-likeness (QED) is 0.594. The molecule has 1 aliphatic rings. The van der Waals surface area contributed by atoms with E-state index in [9.17, 15) is 0 Å². The van der Waals surface area contributed by atoms with Crippen LogP contribution in [-0.4, -0.2) is 43.2 Å². The van der Waals surface area contributed by atoms with E-state index >= 15 is 0 Å². The van der Waals surface area contributed by atoms with Gasteiger partial charge in [-0.05, 0) is 47.1 Å². The maximum Gasteiger partial charge on any atom is 0.135 e. The minimum Gasteiger partial charge on any atom is -0.495 e. The molecule has 0 radical (unpaired) electrons. The molecule has 0 N–H and O–H groups in total. The summed E-state index contributed by atoms with van der Waals surface area (Å²) in [4.78, 5) is 9.82. The Balaban J connectivity index is 1.45. The number of rotatable bonds is 4. The van der Waals surface area contributed by atoms with Gasteiger partial charge in [-0.15, -0.1) is 0 Å². The van der Waals surface area contributed by atoms with Crippen LogP contribution in [0.2, 0.25) is 0 Å². The standard InChI is InChI=1S/C22H24BrN3O/c1-16(20-10-7-17-5-3-4-6-21(17)24-20)25-11-13-26(14-12-25)18-8-9-19(23)22(15-18)27-2/h3-10,15-16H,11-14H2,1-2H3. The largest absolute Gasteiger partial charge is 0.495 e. The third-order valence-corrected chi connectivity index (χ3v) is 6.06. The second kappa shape index (κ2) is 7.87. The van der Waals surface area contributed by atoms with E-state index in [0.717, 1.165) is 47.6 Å². The smallest absolute Gasteiger partial charge is 0.135 e. The van der Waals surface area contributed by atoms with E-state index in [0.29, 0.717) is 6.04 Å². The lowest BCUT2D eigenvalue weighted by Gasteiger charge is -2.39. The van der Waals surface area contributed by atoms with E-state index in [2.05, 4.69) is 87.3 Å². The fourth-order valence-corrected chi connectivity index (χ4v) is 4.12. The van der Waals surface area contributed by atoms with Crippen LogP contribution >= 0.6 is 15.9 Å². The van der Waals surface area contributed by atoms with E-state index in [1.54, 1.807) is 7.11 Å². The number of pyridine rings is 1. The maximum atomic E-state index is 5.44. The molecule has 4 rings (SSSR count). The predicted octanol–water partition coefficient (Wildman–Crippen LogP) is 4.89. The van der Waals surface area contributed by atoms with Crippen molar-refractivity contribution in [2.45, 2.75) is 13.0 Å². The number of halogens is 1. The van der Waals surface area contributed by atoms with Gasteiger partial charge in [-0.1, -0.05) is 24.3 Å². The van der Waals surface area contributed by atoms with Gasteiger partial charge in [0, 0.05) is 49.4 Å². The third-order valence-electron chi connectivity index (χ3n) is 5.41. The molecule has 140 valence electrons. The summed E-state index contributed by atoms with van der Waals surface area (Å²) in [5.41, 5.74) is 3.43. The van der Waals surface area contributed by atoms with E-state index in [-0.39, 0.29) is 0 Å². The Morgan fingerprint density at radius 1 is 1.00 bits per heavy atom. The summed E-state index contributed by atoms with van der Waals surface area (Å²) in [6.07, 6.45) is 0. The van der Waals surface area contributed by atoms with Crippen molar-refractivity contribution in [1.82, 2.24) is 9.88 Å². The molecule has 2 aromatic carbocycles. The molecular formula is C22H24BrN3O. The van der Waals surface area contributed by atoms with Crippen molar-refractivity contribution in [2.75, 3.05) is 38.2 Å². The number of fused-ring (bicyclic) bond motifs is 1. The van der Waals surface area contributed by atoms with Gasteiger partial charge in [0.05, 0.1) is 22.8 Å². The summed E-state index contributed by atoms with van der Waals surface area (Å²) in [7, 11) is 1.71. The summed E-state index contributed by atoms with van der Waals surface area (Å²) in [5, 5.41) is 1.20. The van der Waals surface area contributed by atoms with Gasteiger partial charge in [-0.3, -0.25) is 9.88 Å². The van der Waals surface area contributed by atoms with Gasteiger partial charge in [-0.25, -0.2) is 0 Å². The molecule has 0 aliphatic carbocycles. The lowest BCUT2D eigenvalue weighted by atomic mass is 10.1. The van der Waals surface area contributed by atoms with Crippen molar-refractivity contribution in [2.24, 2.45) is 0 Å². The normalized spacial score (nSPS) is 16.5. The Morgan fingerprint density at radius 3 is 2.56 bits per heavy atom. The first kappa shape index (κ1) is 18.3. The number of hydrogen-bond donors (Lipinski definition) is 0. The average molecular weight is 426 g/mol. The van der Waals surface area contributed by atoms with E-state index in [1.165, 1.54) is 11.1 Å². The molecule has 4 nitrogen and oxygen atoms in total. The molecule has 3 aromatic rings. The van der Waals surface area contributed by atoms with Gasteiger partial charge in [0.15, 0.2) is 0 Å². The Morgan fingerprint density at radius 2 is 1.78 bits per heavy atom. The summed E-state index contributed by atoms with van der Waals surface area (Å²) in [6, 6.07) is 19.3. The first-order chi connectivity index (χ1) is 13.2. The zero-order chi connectivity index (χ0) is 18.8. The van der Waals surface area contributed by atoms with Gasteiger partial charge in [0.1, 0.15) is 5.75 Å². The number of piperazine rings is 1. The summed E-state index contributed by atoms with van der Waals surface area (Å²) >= 11 is 3.53. The number of para-hydroxylation sites is 1. The Kier molecular flexibility index (Phi) is 5.32. The molecule has 5 heteroatoms. The fraction of sp³-hybridized carbons (Fsp3) is 0.318. The van der Waals surface area contributed by atoms with Crippen molar-refractivity contribution in [3.05, 3.63) is 64.8 Å². The second-order valence-electron chi connectivity index (χ2n) is 6.95. The third kappa shape index (κ3) is 3.80. The summed E-state index contributed by atoms with van der Waals surface area (Å²) in [6.45, 7) is 6.31. The first-order valence-electron chi connectivity index (χ1n) is 9.34. The highest BCUT2D eigenvalue weighted by molar-refractivity contribution is 9.10. The van der Waals surface area contributed by atoms with Crippen LogP contribution in [0.5, 0.6) is 5.75 Å². The molecular weight excluding hydrogens is 402 g/mol.